The lowest BCUT2D eigenvalue weighted by atomic mass is 10.3. The molecular formula is C12H14O5. The summed E-state index contributed by atoms with van der Waals surface area (Å²) in [6.45, 7) is 3.45. The number of carbonyl (C=O) groups excluding carboxylic acids is 2. The highest BCUT2D eigenvalue weighted by atomic mass is 16.7. The molecule has 17 heavy (non-hydrogen) atoms. The maximum Gasteiger partial charge on any atom is 0.374 e. The van der Waals surface area contributed by atoms with Gasteiger partial charge >= 0.3 is 5.97 Å². The van der Waals surface area contributed by atoms with Gasteiger partial charge in [-0.15, -0.1) is 0 Å². The molecular weight excluding hydrogens is 224 g/mol. The molecule has 0 spiro atoms. The van der Waals surface area contributed by atoms with E-state index < -0.39 is 11.8 Å². The zero-order chi connectivity index (χ0) is 12.7. The van der Waals surface area contributed by atoms with Gasteiger partial charge in [-0.25, -0.2) is 4.79 Å². The van der Waals surface area contributed by atoms with E-state index in [1.54, 1.807) is 6.92 Å². The van der Waals surface area contributed by atoms with E-state index in [-0.39, 0.29) is 6.61 Å². The number of ether oxygens (including phenoxy) is 3. The van der Waals surface area contributed by atoms with Gasteiger partial charge < -0.3 is 14.2 Å². The number of Topliss-reactive ketones (excluding diaryl/α,β-unsaturated/α-hetero) is 1. The van der Waals surface area contributed by atoms with Crippen LogP contribution in [-0.4, -0.2) is 25.2 Å². The summed E-state index contributed by atoms with van der Waals surface area (Å²) < 4.78 is 14.5. The molecule has 0 fully saturated rings. The Morgan fingerprint density at radius 1 is 1.24 bits per heavy atom. The van der Waals surface area contributed by atoms with E-state index in [0.717, 1.165) is 11.5 Å². The van der Waals surface area contributed by atoms with Gasteiger partial charge in [0.15, 0.2) is 11.5 Å². The third kappa shape index (κ3) is 4.14. The maximum absolute atomic E-state index is 10.2. The molecule has 0 saturated carbocycles. The van der Waals surface area contributed by atoms with Crippen LogP contribution in [0.25, 0.3) is 0 Å². The number of carbonyl (C=O) groups is 2. The lowest BCUT2D eigenvalue weighted by Crippen LogP contribution is -2.12. The molecule has 1 aromatic rings. The van der Waals surface area contributed by atoms with E-state index >= 15 is 0 Å². The largest absolute Gasteiger partial charge is 0.460 e. The first-order valence-corrected chi connectivity index (χ1v) is 5.17. The van der Waals surface area contributed by atoms with Crippen LogP contribution >= 0.6 is 0 Å². The summed E-state index contributed by atoms with van der Waals surface area (Å²) in [6, 6.07) is 7.63. The topological polar surface area (TPSA) is 61.8 Å². The Hall–Kier alpha value is -2.04. The molecule has 0 amide bonds. The lowest BCUT2D eigenvalue weighted by molar-refractivity contribution is -0.152. The Labute approximate surface area is 99.3 Å². The summed E-state index contributed by atoms with van der Waals surface area (Å²) in [5.41, 5.74) is 0. The highest BCUT2D eigenvalue weighted by molar-refractivity contribution is 6.32. The van der Waals surface area contributed by atoms with Crippen LogP contribution in [-0.2, 0) is 14.3 Å². The molecule has 5 heteroatoms. The third-order valence-corrected chi connectivity index (χ3v) is 1.84. The van der Waals surface area contributed by atoms with Crippen molar-refractivity contribution in [3.8, 4) is 11.5 Å². The number of esters is 1. The highest BCUT2D eigenvalue weighted by Gasteiger charge is 2.09. The average Bonchev–Trinajstić information content (AvgIpc) is 2.78. The number of hydrogen-bond acceptors (Lipinski definition) is 5. The fraction of sp³-hybridized carbons (Fsp3) is 0.333. The molecule has 0 bridgehead atoms. The normalized spacial score (nSPS) is 11.2. The van der Waals surface area contributed by atoms with Crippen molar-refractivity contribution in [2.75, 3.05) is 13.4 Å². The van der Waals surface area contributed by atoms with Gasteiger partial charge in [0.1, 0.15) is 0 Å². The Bertz CT molecular complexity index is 377. The summed E-state index contributed by atoms with van der Waals surface area (Å²) in [6.07, 6.45) is 0. The fourth-order valence-electron chi connectivity index (χ4n) is 1.08. The minimum absolute atomic E-state index is 0.262. The monoisotopic (exact) mass is 238 g/mol. The minimum Gasteiger partial charge on any atom is -0.460 e. The van der Waals surface area contributed by atoms with Gasteiger partial charge in [0.2, 0.25) is 12.6 Å². The van der Waals surface area contributed by atoms with Crippen LogP contribution in [0.2, 0.25) is 0 Å². The van der Waals surface area contributed by atoms with E-state index in [1.165, 1.54) is 6.92 Å². The van der Waals surface area contributed by atoms with Crippen molar-refractivity contribution in [1.82, 2.24) is 0 Å². The number of ketones is 1. The van der Waals surface area contributed by atoms with Crippen molar-refractivity contribution in [2.24, 2.45) is 0 Å². The molecule has 1 aromatic carbocycles. The van der Waals surface area contributed by atoms with Crippen molar-refractivity contribution in [1.29, 1.82) is 0 Å². The Morgan fingerprint density at radius 2 is 1.76 bits per heavy atom. The SMILES string of the molecule is CCOC(=O)C(C)=O.c1ccc2c(c1)OCO2. The molecule has 1 heterocycles. The average molecular weight is 238 g/mol. The van der Waals surface area contributed by atoms with Crippen molar-refractivity contribution < 1.29 is 23.8 Å². The molecule has 2 rings (SSSR count). The first-order valence-electron chi connectivity index (χ1n) is 5.17. The van der Waals surface area contributed by atoms with E-state index in [4.69, 9.17) is 9.47 Å². The molecule has 0 N–H and O–H groups in total. The predicted octanol–water partition coefficient (Wildman–Crippen LogP) is 1.55. The van der Waals surface area contributed by atoms with E-state index in [9.17, 15) is 9.59 Å². The Kier molecular flexibility index (Phi) is 5.00. The van der Waals surface area contributed by atoms with E-state index in [1.807, 2.05) is 24.3 Å². The Balaban J connectivity index is 0.000000172. The lowest BCUT2D eigenvalue weighted by Gasteiger charge is -1.93. The minimum atomic E-state index is -0.757. The molecule has 92 valence electrons. The highest BCUT2D eigenvalue weighted by Crippen LogP contribution is 2.30. The number of fused-ring (bicyclic) bond motifs is 1. The van der Waals surface area contributed by atoms with Crippen molar-refractivity contribution in [3.63, 3.8) is 0 Å². The van der Waals surface area contributed by atoms with Gasteiger partial charge in [0.25, 0.3) is 0 Å². The summed E-state index contributed by atoms with van der Waals surface area (Å²) in [4.78, 5) is 20.2. The van der Waals surface area contributed by atoms with Crippen LogP contribution in [0, 0.1) is 0 Å². The molecule has 1 aliphatic rings. The standard InChI is InChI=1S/C7H6O2.C5H8O3/c1-2-4-7-6(3-1)8-5-9-7;1-3-8-5(7)4(2)6/h1-4H,5H2;3H2,1-2H3. The molecule has 0 aromatic heterocycles. The smallest absolute Gasteiger partial charge is 0.374 e. The second kappa shape index (κ2) is 6.52. The van der Waals surface area contributed by atoms with Crippen LogP contribution in [0.4, 0.5) is 0 Å². The molecule has 0 saturated heterocycles. The summed E-state index contributed by atoms with van der Waals surface area (Å²) in [5, 5.41) is 0. The quantitative estimate of drug-likeness (QED) is 0.578. The van der Waals surface area contributed by atoms with E-state index in [2.05, 4.69) is 4.74 Å². The van der Waals surface area contributed by atoms with Crippen LogP contribution < -0.4 is 9.47 Å². The van der Waals surface area contributed by atoms with Crippen LogP contribution in [0.1, 0.15) is 13.8 Å². The van der Waals surface area contributed by atoms with Crippen molar-refractivity contribution in [2.45, 2.75) is 13.8 Å². The molecule has 0 aliphatic carbocycles. The van der Waals surface area contributed by atoms with Crippen LogP contribution in [0.3, 0.4) is 0 Å². The van der Waals surface area contributed by atoms with Gasteiger partial charge in [-0.3, -0.25) is 4.79 Å². The van der Waals surface area contributed by atoms with Gasteiger partial charge in [-0.2, -0.15) is 0 Å². The van der Waals surface area contributed by atoms with Crippen molar-refractivity contribution >= 4 is 11.8 Å². The predicted molar refractivity (Wildman–Crippen MR) is 59.9 cm³/mol. The van der Waals surface area contributed by atoms with Gasteiger partial charge in [-0.05, 0) is 19.1 Å². The zero-order valence-electron chi connectivity index (χ0n) is 9.76. The van der Waals surface area contributed by atoms with Crippen LogP contribution in [0.15, 0.2) is 24.3 Å². The number of hydrogen-bond donors (Lipinski definition) is 0. The fourth-order valence-corrected chi connectivity index (χ4v) is 1.08. The van der Waals surface area contributed by atoms with Gasteiger partial charge in [0.05, 0.1) is 6.61 Å². The molecule has 0 atom stereocenters. The van der Waals surface area contributed by atoms with Crippen LogP contribution in [0.5, 0.6) is 11.5 Å². The second-order valence-corrected chi connectivity index (χ2v) is 3.13. The van der Waals surface area contributed by atoms with E-state index in [0.29, 0.717) is 6.79 Å². The summed E-state index contributed by atoms with van der Waals surface area (Å²) in [7, 11) is 0. The third-order valence-electron chi connectivity index (χ3n) is 1.84. The zero-order valence-corrected chi connectivity index (χ0v) is 9.76. The number of benzene rings is 1. The van der Waals surface area contributed by atoms with Gasteiger partial charge in [-0.1, -0.05) is 12.1 Å². The summed E-state index contributed by atoms with van der Waals surface area (Å²) in [5.74, 6) is 0.384. The molecule has 5 nitrogen and oxygen atoms in total. The van der Waals surface area contributed by atoms with Crippen molar-refractivity contribution in [3.05, 3.63) is 24.3 Å². The molecule has 0 unspecified atom stereocenters. The second-order valence-electron chi connectivity index (χ2n) is 3.13. The molecule has 1 aliphatic heterocycles. The first-order chi connectivity index (χ1) is 8.15. The maximum atomic E-state index is 10.2. The number of rotatable bonds is 2. The Morgan fingerprint density at radius 3 is 2.12 bits per heavy atom. The number of para-hydroxylation sites is 2. The summed E-state index contributed by atoms with van der Waals surface area (Å²) >= 11 is 0. The van der Waals surface area contributed by atoms with Gasteiger partial charge in [0, 0.05) is 6.92 Å². The molecule has 0 radical (unpaired) electrons. The first kappa shape index (κ1) is 13.0.